The first-order valence-corrected chi connectivity index (χ1v) is 9.76. The fourth-order valence-corrected chi connectivity index (χ4v) is 3.76. The Morgan fingerprint density at radius 1 is 1.15 bits per heavy atom. The second-order valence-corrected chi connectivity index (χ2v) is 7.78. The Bertz CT molecular complexity index is 928. The van der Waals surface area contributed by atoms with Gasteiger partial charge in [-0.25, -0.2) is 17.5 Å². The molecule has 0 unspecified atom stereocenters. The van der Waals surface area contributed by atoms with Crippen molar-refractivity contribution in [3.8, 4) is 5.75 Å². The Balaban J connectivity index is 1.84. The molecular weight excluding hydrogens is 373 g/mol. The summed E-state index contributed by atoms with van der Waals surface area (Å²) in [6, 6.07) is 9.26. The van der Waals surface area contributed by atoms with E-state index in [1.165, 1.54) is 25.3 Å². The van der Waals surface area contributed by atoms with Crippen molar-refractivity contribution in [1.29, 1.82) is 0 Å². The van der Waals surface area contributed by atoms with Gasteiger partial charge in [-0.1, -0.05) is 23.8 Å². The van der Waals surface area contributed by atoms with Crippen LogP contribution in [0.2, 0.25) is 0 Å². The van der Waals surface area contributed by atoms with Crippen molar-refractivity contribution in [2.45, 2.75) is 31.8 Å². The van der Waals surface area contributed by atoms with Crippen molar-refractivity contribution in [2.24, 2.45) is 0 Å². The summed E-state index contributed by atoms with van der Waals surface area (Å²) >= 11 is 0. The van der Waals surface area contributed by atoms with Gasteiger partial charge in [0.05, 0.1) is 18.4 Å². The fourth-order valence-electron chi connectivity index (χ4n) is 2.50. The summed E-state index contributed by atoms with van der Waals surface area (Å²) in [6.07, 6.45) is -0.136. The van der Waals surface area contributed by atoms with Crippen molar-refractivity contribution in [3.63, 3.8) is 0 Å². The highest BCUT2D eigenvalue weighted by atomic mass is 32.2. The molecule has 0 aromatic heterocycles. The van der Waals surface area contributed by atoms with Gasteiger partial charge < -0.3 is 9.47 Å². The number of carbonyl (C=O) groups excluding carboxylic acids is 1. The highest BCUT2D eigenvalue weighted by molar-refractivity contribution is 7.89. The number of sulfonamides is 1. The average Bonchev–Trinajstić information content (AvgIpc) is 2.59. The van der Waals surface area contributed by atoms with E-state index in [1.807, 2.05) is 6.92 Å². The topological polar surface area (TPSA) is 81.7 Å². The van der Waals surface area contributed by atoms with Crippen molar-refractivity contribution in [2.75, 3.05) is 13.7 Å². The van der Waals surface area contributed by atoms with Gasteiger partial charge in [0.25, 0.3) is 0 Å². The summed E-state index contributed by atoms with van der Waals surface area (Å²) in [5.74, 6) is -1.03. The summed E-state index contributed by atoms with van der Waals surface area (Å²) in [5.41, 5.74) is 2.06. The lowest BCUT2D eigenvalue weighted by Crippen LogP contribution is -2.27. The van der Waals surface area contributed by atoms with Crippen LogP contribution in [0.3, 0.4) is 0 Å². The average molecular weight is 395 g/mol. The maximum Gasteiger partial charge on any atom is 0.307 e. The monoisotopic (exact) mass is 395 g/mol. The summed E-state index contributed by atoms with van der Waals surface area (Å²) in [6.45, 7) is 3.39. The van der Waals surface area contributed by atoms with Gasteiger partial charge in [0.2, 0.25) is 10.0 Å². The summed E-state index contributed by atoms with van der Waals surface area (Å²) < 4.78 is 50.4. The number of hydrogen-bond donors (Lipinski definition) is 1. The Kier molecular flexibility index (Phi) is 6.92. The summed E-state index contributed by atoms with van der Waals surface area (Å²) in [7, 11) is -2.35. The lowest BCUT2D eigenvalue weighted by atomic mass is 10.2. The van der Waals surface area contributed by atoms with E-state index in [4.69, 9.17) is 9.47 Å². The standard InChI is InChI=1S/C19H22FNO5S/c1-13-4-7-18(14(2)10-13)27(23,24)21-9-8-19(22)26-12-15-5-6-17(25-3)16(20)11-15/h4-7,10-11,21H,8-9,12H2,1-3H3. The molecule has 0 saturated heterocycles. The fraction of sp³-hybridized carbons (Fsp3) is 0.316. The number of nitrogens with one attached hydrogen (secondary N) is 1. The highest BCUT2D eigenvalue weighted by Crippen LogP contribution is 2.18. The van der Waals surface area contributed by atoms with E-state index < -0.39 is 21.8 Å². The smallest absolute Gasteiger partial charge is 0.307 e. The van der Waals surface area contributed by atoms with Gasteiger partial charge in [-0.15, -0.1) is 0 Å². The lowest BCUT2D eigenvalue weighted by molar-refractivity contribution is -0.144. The molecule has 0 bridgehead atoms. The van der Waals surface area contributed by atoms with Crippen LogP contribution in [0.5, 0.6) is 5.75 Å². The molecule has 0 saturated carbocycles. The number of benzene rings is 2. The van der Waals surface area contributed by atoms with Crippen molar-refractivity contribution < 1.29 is 27.1 Å². The number of ether oxygens (including phenoxy) is 2. The molecule has 146 valence electrons. The minimum absolute atomic E-state index is 0.0918. The molecule has 2 rings (SSSR count). The highest BCUT2D eigenvalue weighted by Gasteiger charge is 2.17. The van der Waals surface area contributed by atoms with Gasteiger partial charge in [0, 0.05) is 6.54 Å². The first-order chi connectivity index (χ1) is 12.7. The molecule has 0 spiro atoms. The minimum Gasteiger partial charge on any atom is -0.494 e. The van der Waals surface area contributed by atoms with Crippen LogP contribution in [0.25, 0.3) is 0 Å². The van der Waals surface area contributed by atoms with Crippen molar-refractivity contribution in [1.82, 2.24) is 4.72 Å². The molecule has 0 heterocycles. The quantitative estimate of drug-likeness (QED) is 0.695. The number of aryl methyl sites for hydroxylation is 2. The minimum atomic E-state index is -3.71. The molecule has 27 heavy (non-hydrogen) atoms. The largest absolute Gasteiger partial charge is 0.494 e. The second-order valence-electron chi connectivity index (χ2n) is 6.05. The number of carbonyl (C=O) groups is 1. The molecule has 0 atom stereocenters. The van der Waals surface area contributed by atoms with Crippen LogP contribution < -0.4 is 9.46 Å². The zero-order chi connectivity index (χ0) is 20.0. The summed E-state index contributed by atoms with van der Waals surface area (Å²) in [5, 5.41) is 0. The van der Waals surface area contributed by atoms with E-state index in [0.717, 1.165) is 5.56 Å². The first kappa shape index (κ1) is 20.9. The predicted molar refractivity (Wildman–Crippen MR) is 98.5 cm³/mol. The molecule has 0 aliphatic rings. The van der Waals surface area contributed by atoms with Crippen LogP contribution in [-0.2, 0) is 26.2 Å². The van der Waals surface area contributed by atoms with Crippen LogP contribution in [0.15, 0.2) is 41.3 Å². The van der Waals surface area contributed by atoms with E-state index in [1.54, 1.807) is 25.1 Å². The van der Waals surface area contributed by atoms with Crippen molar-refractivity contribution >= 4 is 16.0 Å². The van der Waals surface area contributed by atoms with Crippen molar-refractivity contribution in [3.05, 3.63) is 58.9 Å². The van der Waals surface area contributed by atoms with Crippen LogP contribution in [0.1, 0.15) is 23.1 Å². The van der Waals surface area contributed by atoms with E-state index in [9.17, 15) is 17.6 Å². The van der Waals surface area contributed by atoms with Gasteiger partial charge in [-0.3, -0.25) is 4.79 Å². The maximum absolute atomic E-state index is 13.6. The number of methoxy groups -OCH3 is 1. The second kappa shape index (κ2) is 8.96. The maximum atomic E-state index is 13.6. The molecule has 6 nitrogen and oxygen atoms in total. The molecule has 8 heteroatoms. The summed E-state index contributed by atoms with van der Waals surface area (Å²) in [4.78, 5) is 12.0. The van der Waals surface area contributed by atoms with Crippen LogP contribution in [0.4, 0.5) is 4.39 Å². The molecule has 0 amide bonds. The van der Waals surface area contributed by atoms with Gasteiger partial charge in [-0.05, 0) is 43.2 Å². The third kappa shape index (κ3) is 5.77. The van der Waals surface area contributed by atoms with Gasteiger partial charge in [0.15, 0.2) is 11.6 Å². The normalized spacial score (nSPS) is 11.3. The van der Waals surface area contributed by atoms with Gasteiger partial charge in [0.1, 0.15) is 6.61 Å². The number of hydrogen-bond acceptors (Lipinski definition) is 5. The Hall–Kier alpha value is -2.45. The van der Waals surface area contributed by atoms with E-state index in [0.29, 0.717) is 11.1 Å². The Morgan fingerprint density at radius 3 is 2.52 bits per heavy atom. The van der Waals surface area contributed by atoms with E-state index in [2.05, 4.69) is 4.72 Å². The number of halogens is 1. The first-order valence-electron chi connectivity index (χ1n) is 8.28. The molecule has 0 aliphatic carbocycles. The van der Waals surface area contributed by atoms with Gasteiger partial charge in [-0.2, -0.15) is 0 Å². The predicted octanol–water partition coefficient (Wildman–Crippen LogP) is 2.86. The molecule has 2 aromatic carbocycles. The van der Waals surface area contributed by atoms with Crippen LogP contribution >= 0.6 is 0 Å². The van der Waals surface area contributed by atoms with Crippen LogP contribution in [0, 0.1) is 19.7 Å². The molecule has 2 aromatic rings. The Labute approximate surface area is 158 Å². The lowest BCUT2D eigenvalue weighted by Gasteiger charge is -2.10. The zero-order valence-corrected chi connectivity index (χ0v) is 16.2. The zero-order valence-electron chi connectivity index (χ0n) is 15.4. The Morgan fingerprint density at radius 2 is 1.89 bits per heavy atom. The SMILES string of the molecule is COc1ccc(COC(=O)CCNS(=O)(=O)c2ccc(C)cc2C)cc1F. The molecule has 0 aliphatic heterocycles. The molecule has 0 radical (unpaired) electrons. The van der Waals surface area contributed by atoms with E-state index in [-0.39, 0.29) is 30.2 Å². The molecular formula is C19H22FNO5S. The molecule has 1 N–H and O–H groups in total. The molecule has 0 fully saturated rings. The number of esters is 1. The third-order valence-corrected chi connectivity index (χ3v) is 5.48. The van der Waals surface area contributed by atoms with Crippen LogP contribution in [-0.4, -0.2) is 28.0 Å². The van der Waals surface area contributed by atoms with Gasteiger partial charge >= 0.3 is 5.97 Å². The number of rotatable bonds is 8. The van der Waals surface area contributed by atoms with E-state index >= 15 is 0 Å². The third-order valence-electron chi connectivity index (χ3n) is 3.86.